The second kappa shape index (κ2) is 3.94. The highest BCUT2D eigenvalue weighted by Crippen LogP contribution is 2.40. The molecule has 0 radical (unpaired) electrons. The van der Waals surface area contributed by atoms with E-state index in [4.69, 9.17) is 9.47 Å². The number of hydrogen-bond acceptors (Lipinski definition) is 3. The summed E-state index contributed by atoms with van der Waals surface area (Å²) in [4.78, 5) is 0. The van der Waals surface area contributed by atoms with Gasteiger partial charge in [0.05, 0.1) is 19.6 Å². The lowest BCUT2D eigenvalue weighted by Gasteiger charge is -2.08. The van der Waals surface area contributed by atoms with E-state index in [1.165, 1.54) is 8.27 Å². The van der Waals surface area contributed by atoms with E-state index >= 15 is 0 Å². The maximum atomic E-state index is 5.37. The van der Waals surface area contributed by atoms with E-state index in [-0.39, 0.29) is 0 Å². The number of thiophene rings is 1. The first-order valence-corrected chi connectivity index (χ1v) is 6.01. The predicted molar refractivity (Wildman–Crippen MR) is 67.6 cm³/mol. The van der Waals surface area contributed by atoms with E-state index in [1.54, 1.807) is 25.6 Å². The molecular formula is C10H9IO2S. The lowest BCUT2D eigenvalue weighted by atomic mass is 10.2. The summed E-state index contributed by atoms with van der Waals surface area (Å²) in [5, 5.41) is 3.27. The van der Waals surface area contributed by atoms with Crippen molar-refractivity contribution in [3.8, 4) is 11.5 Å². The minimum Gasteiger partial charge on any atom is -0.493 e. The summed E-state index contributed by atoms with van der Waals surface area (Å²) in [6, 6.07) is 4.00. The van der Waals surface area contributed by atoms with Crippen molar-refractivity contribution in [2.45, 2.75) is 0 Å². The van der Waals surface area contributed by atoms with Crippen molar-refractivity contribution < 1.29 is 9.47 Å². The van der Waals surface area contributed by atoms with Crippen LogP contribution in [0.5, 0.6) is 11.5 Å². The maximum absolute atomic E-state index is 5.37. The molecule has 0 saturated heterocycles. The Balaban J connectivity index is 2.81. The molecule has 0 saturated carbocycles. The fourth-order valence-electron chi connectivity index (χ4n) is 1.41. The maximum Gasteiger partial charge on any atom is 0.170 e. The van der Waals surface area contributed by atoms with Gasteiger partial charge in [0.1, 0.15) is 0 Å². The molecular weight excluding hydrogens is 311 g/mol. The van der Waals surface area contributed by atoms with E-state index in [2.05, 4.69) is 34.0 Å². The van der Waals surface area contributed by atoms with Crippen molar-refractivity contribution in [3.05, 3.63) is 21.1 Å². The Morgan fingerprint density at radius 2 is 2.00 bits per heavy atom. The van der Waals surface area contributed by atoms with Gasteiger partial charge >= 0.3 is 0 Å². The summed E-state index contributed by atoms with van der Waals surface area (Å²) in [5.74, 6) is 1.62. The Labute approximate surface area is 100.0 Å². The van der Waals surface area contributed by atoms with Crippen LogP contribution in [0.15, 0.2) is 17.5 Å². The van der Waals surface area contributed by atoms with Crippen LogP contribution in [0.4, 0.5) is 0 Å². The second-order valence-corrected chi connectivity index (χ2v) is 4.83. The molecule has 2 nitrogen and oxygen atoms in total. The topological polar surface area (TPSA) is 18.5 Å². The number of fused-ring (bicyclic) bond motifs is 1. The minimum absolute atomic E-state index is 0.788. The Bertz CT molecular complexity index is 464. The lowest BCUT2D eigenvalue weighted by molar-refractivity contribution is 0.358. The van der Waals surface area contributed by atoms with Gasteiger partial charge in [0, 0.05) is 13.7 Å². The van der Waals surface area contributed by atoms with Crippen molar-refractivity contribution in [1.82, 2.24) is 0 Å². The Morgan fingerprint density at radius 3 is 2.64 bits per heavy atom. The molecule has 0 fully saturated rings. The zero-order chi connectivity index (χ0) is 10.1. The molecule has 0 aliphatic rings. The first kappa shape index (κ1) is 10.0. The van der Waals surface area contributed by atoms with E-state index in [9.17, 15) is 0 Å². The molecule has 1 heterocycles. The normalized spacial score (nSPS) is 10.5. The van der Waals surface area contributed by atoms with Crippen LogP contribution < -0.4 is 9.47 Å². The predicted octanol–water partition coefficient (Wildman–Crippen LogP) is 3.52. The Hall–Kier alpha value is -0.490. The molecule has 74 valence electrons. The molecule has 1 aromatic carbocycles. The molecule has 0 atom stereocenters. The minimum atomic E-state index is 0.788. The number of hydrogen-bond donors (Lipinski definition) is 0. The molecule has 0 aliphatic carbocycles. The summed E-state index contributed by atoms with van der Waals surface area (Å²) >= 11 is 4.03. The van der Waals surface area contributed by atoms with Gasteiger partial charge in [-0.3, -0.25) is 0 Å². The van der Waals surface area contributed by atoms with Gasteiger partial charge in [-0.15, -0.1) is 11.3 Å². The molecule has 14 heavy (non-hydrogen) atoms. The Kier molecular flexibility index (Phi) is 2.83. The highest BCUT2D eigenvalue weighted by molar-refractivity contribution is 14.1. The molecule has 0 amide bonds. The fourth-order valence-corrected chi connectivity index (χ4v) is 3.32. The van der Waals surface area contributed by atoms with Crippen LogP contribution in [0.1, 0.15) is 0 Å². The first-order valence-electron chi connectivity index (χ1n) is 4.05. The van der Waals surface area contributed by atoms with Crippen molar-refractivity contribution in [3.63, 3.8) is 0 Å². The van der Waals surface area contributed by atoms with E-state index < -0.39 is 0 Å². The third-order valence-electron chi connectivity index (χ3n) is 2.04. The second-order valence-electron chi connectivity index (χ2n) is 2.76. The standard InChI is InChI=1S/C10H9IO2S/c1-12-7-3-4-8-9(10(7)13-2)6(11)5-14-8/h3-5H,1-2H3. The van der Waals surface area contributed by atoms with Gasteiger partial charge in [0.25, 0.3) is 0 Å². The highest BCUT2D eigenvalue weighted by Gasteiger charge is 2.12. The van der Waals surface area contributed by atoms with Gasteiger partial charge in [0.15, 0.2) is 11.5 Å². The summed E-state index contributed by atoms with van der Waals surface area (Å²) in [6.45, 7) is 0. The van der Waals surface area contributed by atoms with Crippen LogP contribution in [-0.4, -0.2) is 14.2 Å². The molecule has 0 N–H and O–H groups in total. The van der Waals surface area contributed by atoms with E-state index in [0.717, 1.165) is 16.9 Å². The van der Waals surface area contributed by atoms with Crippen LogP contribution in [0.2, 0.25) is 0 Å². The van der Waals surface area contributed by atoms with E-state index in [1.807, 2.05) is 6.07 Å². The van der Waals surface area contributed by atoms with Crippen molar-refractivity contribution in [2.24, 2.45) is 0 Å². The Morgan fingerprint density at radius 1 is 1.21 bits per heavy atom. The average Bonchev–Trinajstić information content (AvgIpc) is 2.59. The van der Waals surface area contributed by atoms with Crippen molar-refractivity contribution in [1.29, 1.82) is 0 Å². The van der Waals surface area contributed by atoms with Gasteiger partial charge < -0.3 is 9.47 Å². The summed E-state index contributed by atoms with van der Waals surface area (Å²) < 4.78 is 13.0. The van der Waals surface area contributed by atoms with Crippen LogP contribution in [0.25, 0.3) is 10.1 Å². The third-order valence-corrected chi connectivity index (χ3v) is 4.26. The number of methoxy groups -OCH3 is 2. The molecule has 0 aliphatic heterocycles. The fraction of sp³-hybridized carbons (Fsp3) is 0.200. The molecule has 1 aromatic heterocycles. The van der Waals surface area contributed by atoms with Crippen molar-refractivity contribution >= 4 is 44.0 Å². The quantitative estimate of drug-likeness (QED) is 0.788. The SMILES string of the molecule is COc1ccc2scc(I)c2c1OC. The van der Waals surface area contributed by atoms with Gasteiger partial charge in [-0.2, -0.15) is 0 Å². The van der Waals surface area contributed by atoms with Crippen molar-refractivity contribution in [2.75, 3.05) is 14.2 Å². The number of ether oxygens (including phenoxy) is 2. The molecule has 4 heteroatoms. The summed E-state index contributed by atoms with van der Waals surface area (Å²) in [6.07, 6.45) is 0. The van der Waals surface area contributed by atoms with Gasteiger partial charge in [-0.05, 0) is 34.7 Å². The van der Waals surface area contributed by atoms with E-state index in [0.29, 0.717) is 0 Å². The number of benzene rings is 1. The molecule has 0 unspecified atom stereocenters. The van der Waals surface area contributed by atoms with Crippen LogP contribution in [-0.2, 0) is 0 Å². The highest BCUT2D eigenvalue weighted by atomic mass is 127. The van der Waals surface area contributed by atoms with Gasteiger partial charge in [-0.25, -0.2) is 0 Å². The molecule has 0 spiro atoms. The van der Waals surface area contributed by atoms with Crippen LogP contribution in [0.3, 0.4) is 0 Å². The number of halogens is 1. The van der Waals surface area contributed by atoms with Gasteiger partial charge in [0.2, 0.25) is 0 Å². The smallest absolute Gasteiger partial charge is 0.170 e. The van der Waals surface area contributed by atoms with Gasteiger partial charge in [-0.1, -0.05) is 0 Å². The average molecular weight is 320 g/mol. The molecule has 2 aromatic rings. The molecule has 2 rings (SSSR count). The van der Waals surface area contributed by atoms with Crippen LogP contribution in [0, 0.1) is 3.57 Å². The first-order chi connectivity index (χ1) is 6.77. The summed E-state index contributed by atoms with van der Waals surface area (Å²) in [5.41, 5.74) is 0. The largest absolute Gasteiger partial charge is 0.493 e. The zero-order valence-electron chi connectivity index (χ0n) is 7.83. The third kappa shape index (κ3) is 1.46. The summed E-state index contributed by atoms with van der Waals surface area (Å²) in [7, 11) is 3.33. The number of rotatable bonds is 2. The zero-order valence-corrected chi connectivity index (χ0v) is 10.8. The molecule has 0 bridgehead atoms. The lowest BCUT2D eigenvalue weighted by Crippen LogP contribution is -1.90. The monoisotopic (exact) mass is 320 g/mol. The van der Waals surface area contributed by atoms with Crippen LogP contribution >= 0.6 is 33.9 Å².